The van der Waals surface area contributed by atoms with Gasteiger partial charge in [-0.15, -0.1) is 0 Å². The third kappa shape index (κ3) is 30.7. The maximum atomic E-state index is 10.9. The molecule has 0 saturated carbocycles. The predicted octanol–water partition coefficient (Wildman–Crippen LogP) is 8.24. The van der Waals surface area contributed by atoms with Gasteiger partial charge in [-0.05, 0) is 26.2 Å². The monoisotopic (exact) mass is 594 g/mol. The summed E-state index contributed by atoms with van der Waals surface area (Å²) in [5.41, 5.74) is 0. The molecule has 0 fully saturated rings. The Morgan fingerprint density at radius 1 is 0.500 bits per heavy atom. The summed E-state index contributed by atoms with van der Waals surface area (Å²) >= 11 is 0. The van der Waals surface area contributed by atoms with Crippen molar-refractivity contribution in [3.63, 3.8) is 0 Å². The molecule has 7 nitrogen and oxygen atoms in total. The summed E-state index contributed by atoms with van der Waals surface area (Å²) in [5.74, 6) is 0. The summed E-state index contributed by atoms with van der Waals surface area (Å²) in [6.07, 6.45) is 25.8. The van der Waals surface area contributed by atoms with E-state index in [1.165, 1.54) is 103 Å². The third-order valence-corrected chi connectivity index (χ3v) is 7.75. The van der Waals surface area contributed by atoms with Gasteiger partial charge in [0, 0.05) is 19.8 Å². The zero-order chi connectivity index (χ0) is 29.6. The van der Waals surface area contributed by atoms with Crippen molar-refractivity contribution in [2.24, 2.45) is 0 Å². The lowest BCUT2D eigenvalue weighted by Crippen LogP contribution is -2.30. The molecule has 0 radical (unpaired) electrons. The number of rotatable bonds is 33. The molecule has 0 aromatic rings. The molecule has 0 spiro atoms. The van der Waals surface area contributed by atoms with Gasteiger partial charge in [-0.2, -0.15) is 8.42 Å². The topological polar surface area (TPSA) is 80.3 Å². The van der Waals surface area contributed by atoms with Crippen molar-refractivity contribution in [2.45, 2.75) is 155 Å². The van der Waals surface area contributed by atoms with E-state index < -0.39 is 10.1 Å². The highest BCUT2D eigenvalue weighted by molar-refractivity contribution is 7.85. The highest BCUT2D eigenvalue weighted by atomic mass is 32.2. The summed E-state index contributed by atoms with van der Waals surface area (Å²) in [5, 5.41) is 0. The second-order valence-corrected chi connectivity index (χ2v) is 12.8. The van der Waals surface area contributed by atoms with Crippen LogP contribution < -0.4 is 0 Å². The quantitative estimate of drug-likeness (QED) is 0.0559. The Labute approximate surface area is 248 Å². The maximum absolute atomic E-state index is 10.9. The lowest BCUT2D eigenvalue weighted by Gasteiger charge is -2.25. The number of ether oxygens (including phenoxy) is 4. The van der Waals surface area contributed by atoms with Gasteiger partial charge in [0.2, 0.25) is 0 Å². The van der Waals surface area contributed by atoms with E-state index in [1.54, 1.807) is 0 Å². The molecule has 40 heavy (non-hydrogen) atoms. The van der Waals surface area contributed by atoms with Crippen LogP contribution in [-0.4, -0.2) is 73.1 Å². The largest absolute Gasteiger partial charge is 0.379 e. The molecule has 0 aliphatic carbocycles. The first-order valence-electron chi connectivity index (χ1n) is 16.6. The first kappa shape index (κ1) is 39.8. The molecular formula is C32H66O7S. The molecule has 0 amide bonds. The smallest absolute Gasteiger partial charge is 0.264 e. The van der Waals surface area contributed by atoms with Gasteiger partial charge in [0.1, 0.15) is 0 Å². The Morgan fingerprint density at radius 2 is 0.950 bits per heavy atom. The third-order valence-electron chi connectivity index (χ3n) is 7.16. The van der Waals surface area contributed by atoms with Crippen molar-refractivity contribution < 1.29 is 31.5 Å². The Bertz CT molecular complexity index is 600. The van der Waals surface area contributed by atoms with Gasteiger partial charge in [-0.3, -0.25) is 4.18 Å². The van der Waals surface area contributed by atoms with Crippen molar-refractivity contribution in [1.82, 2.24) is 0 Å². The standard InChI is InChI=1S/C32H66O7S/c1-5-7-9-11-12-13-14-15-16-17-18-19-20-23-32(31(3)37-25-21-10-8-6-2)38-26-22-24-35-27-28-36-29-30-39-40(4,33)34/h31-32H,5-30H2,1-4H3. The van der Waals surface area contributed by atoms with Gasteiger partial charge in [0.25, 0.3) is 10.1 Å². The average Bonchev–Trinajstić information content (AvgIpc) is 2.92. The molecule has 0 aromatic carbocycles. The van der Waals surface area contributed by atoms with Gasteiger partial charge in [-0.25, -0.2) is 0 Å². The van der Waals surface area contributed by atoms with Crippen LogP contribution in [0.3, 0.4) is 0 Å². The summed E-state index contributed by atoms with van der Waals surface area (Å²) in [6.45, 7) is 9.92. The SMILES string of the molecule is CCCCCCCCCCCCCCCC(OCCCOCCOCCOS(C)(=O)=O)C(C)OCCCCCC. The fourth-order valence-electron chi connectivity index (χ4n) is 4.68. The van der Waals surface area contributed by atoms with Crippen molar-refractivity contribution in [2.75, 3.05) is 52.5 Å². The molecular weight excluding hydrogens is 528 g/mol. The average molecular weight is 595 g/mol. The second-order valence-electron chi connectivity index (χ2n) is 11.2. The Morgan fingerprint density at radius 3 is 1.50 bits per heavy atom. The normalized spacial score (nSPS) is 13.6. The van der Waals surface area contributed by atoms with E-state index in [4.69, 9.17) is 18.9 Å². The lowest BCUT2D eigenvalue weighted by molar-refractivity contribution is -0.0738. The van der Waals surface area contributed by atoms with Gasteiger partial charge in [-0.1, -0.05) is 117 Å². The van der Waals surface area contributed by atoms with E-state index in [0.29, 0.717) is 26.4 Å². The van der Waals surface area contributed by atoms with Crippen LogP contribution in [0, 0.1) is 0 Å². The molecule has 0 saturated heterocycles. The molecule has 0 aliphatic heterocycles. The van der Waals surface area contributed by atoms with Crippen molar-refractivity contribution in [3.05, 3.63) is 0 Å². The van der Waals surface area contributed by atoms with E-state index >= 15 is 0 Å². The summed E-state index contributed by atoms with van der Waals surface area (Å²) < 4.78 is 49.8. The minimum absolute atomic E-state index is 0.0339. The second kappa shape index (κ2) is 30.2. The zero-order valence-corrected chi connectivity index (χ0v) is 27.6. The molecule has 0 rings (SSSR count). The highest BCUT2D eigenvalue weighted by Gasteiger charge is 2.18. The summed E-state index contributed by atoms with van der Waals surface area (Å²) in [7, 11) is -3.41. The first-order valence-corrected chi connectivity index (χ1v) is 18.5. The molecule has 0 aliphatic rings. The Hall–Kier alpha value is -0.250. The minimum atomic E-state index is -3.41. The van der Waals surface area contributed by atoms with E-state index in [1.807, 2.05) is 0 Å². The maximum Gasteiger partial charge on any atom is 0.264 e. The zero-order valence-electron chi connectivity index (χ0n) is 26.8. The van der Waals surface area contributed by atoms with Crippen molar-refractivity contribution >= 4 is 10.1 Å². The van der Waals surface area contributed by atoms with Crippen molar-refractivity contribution in [3.8, 4) is 0 Å². The molecule has 2 atom stereocenters. The summed E-state index contributed by atoms with van der Waals surface area (Å²) in [4.78, 5) is 0. The van der Waals surface area contributed by atoms with Gasteiger partial charge >= 0.3 is 0 Å². The highest BCUT2D eigenvalue weighted by Crippen LogP contribution is 2.17. The molecule has 242 valence electrons. The molecule has 0 heterocycles. The molecule has 0 aromatic heterocycles. The van der Waals surface area contributed by atoms with E-state index in [0.717, 1.165) is 32.1 Å². The lowest BCUT2D eigenvalue weighted by atomic mass is 10.0. The van der Waals surface area contributed by atoms with Crippen LogP contribution in [0.1, 0.15) is 143 Å². The van der Waals surface area contributed by atoms with Crippen molar-refractivity contribution in [1.29, 1.82) is 0 Å². The van der Waals surface area contributed by atoms with Crippen LogP contribution in [0.5, 0.6) is 0 Å². The molecule has 2 unspecified atom stereocenters. The predicted molar refractivity (Wildman–Crippen MR) is 167 cm³/mol. The van der Waals surface area contributed by atoms with Crippen LogP contribution in [0.15, 0.2) is 0 Å². The number of hydrogen-bond acceptors (Lipinski definition) is 7. The van der Waals surface area contributed by atoms with Crippen LogP contribution in [0.4, 0.5) is 0 Å². The first-order chi connectivity index (χ1) is 19.4. The Kier molecular flexibility index (Phi) is 30.0. The van der Waals surface area contributed by atoms with E-state index in [-0.39, 0.29) is 25.4 Å². The van der Waals surface area contributed by atoms with Crippen LogP contribution >= 0.6 is 0 Å². The minimum Gasteiger partial charge on any atom is -0.379 e. The Balaban J connectivity index is 3.96. The number of hydrogen-bond donors (Lipinski definition) is 0. The van der Waals surface area contributed by atoms with Crippen LogP contribution in [-0.2, 0) is 33.2 Å². The fraction of sp³-hybridized carbons (Fsp3) is 1.00. The van der Waals surface area contributed by atoms with Gasteiger partial charge < -0.3 is 18.9 Å². The van der Waals surface area contributed by atoms with E-state index in [2.05, 4.69) is 25.0 Å². The molecule has 8 heteroatoms. The fourth-order valence-corrected chi connectivity index (χ4v) is 5.06. The molecule has 0 bridgehead atoms. The van der Waals surface area contributed by atoms with Crippen LogP contribution in [0.25, 0.3) is 0 Å². The van der Waals surface area contributed by atoms with Gasteiger partial charge in [0.05, 0.1) is 44.9 Å². The number of unbranched alkanes of at least 4 members (excludes halogenated alkanes) is 15. The van der Waals surface area contributed by atoms with Gasteiger partial charge in [0.15, 0.2) is 0 Å². The molecule has 0 N–H and O–H groups in total. The van der Waals surface area contributed by atoms with Crippen LogP contribution in [0.2, 0.25) is 0 Å². The van der Waals surface area contributed by atoms with E-state index in [9.17, 15) is 8.42 Å². The summed E-state index contributed by atoms with van der Waals surface area (Å²) in [6, 6.07) is 0.